The molecule has 0 aliphatic carbocycles. The van der Waals surface area contributed by atoms with Gasteiger partial charge in [-0.1, -0.05) is 16.8 Å². The Hall–Kier alpha value is -2.15. The zero-order valence-electron chi connectivity index (χ0n) is 12.8. The summed E-state index contributed by atoms with van der Waals surface area (Å²) in [4.78, 5) is 16.0. The van der Waals surface area contributed by atoms with Crippen LogP contribution in [0.3, 0.4) is 0 Å². The van der Waals surface area contributed by atoms with Crippen LogP contribution in [0.15, 0.2) is 22.7 Å². The van der Waals surface area contributed by atoms with E-state index in [1.807, 2.05) is 0 Å². The molecular weight excluding hydrogens is 325 g/mol. The number of aromatic nitrogens is 2. The van der Waals surface area contributed by atoms with Gasteiger partial charge in [-0.05, 0) is 38.5 Å². The molecule has 2 rings (SSSR count). The fourth-order valence-corrected chi connectivity index (χ4v) is 2.06. The molecule has 0 saturated heterocycles. The van der Waals surface area contributed by atoms with Gasteiger partial charge in [0.05, 0.1) is 5.02 Å². The number of nitrogens with zero attached hydrogens (tertiary/aromatic N) is 2. The van der Waals surface area contributed by atoms with E-state index in [0.717, 1.165) is 6.07 Å². The van der Waals surface area contributed by atoms with Crippen molar-refractivity contribution in [2.24, 2.45) is 0 Å². The van der Waals surface area contributed by atoms with E-state index >= 15 is 0 Å². The molecule has 0 radical (unpaired) electrons. The van der Waals surface area contributed by atoms with Crippen LogP contribution in [-0.4, -0.2) is 28.7 Å². The lowest BCUT2D eigenvalue weighted by Gasteiger charge is -2.15. The molecule has 1 aromatic carbocycles. The van der Waals surface area contributed by atoms with Gasteiger partial charge in [0.2, 0.25) is 5.89 Å². The highest BCUT2D eigenvalue weighted by Crippen LogP contribution is 2.25. The van der Waals surface area contributed by atoms with E-state index in [9.17, 15) is 9.18 Å². The van der Waals surface area contributed by atoms with E-state index in [4.69, 9.17) is 20.9 Å². The number of benzene rings is 1. The molecule has 1 heterocycles. The molecule has 0 unspecified atom stereocenters. The van der Waals surface area contributed by atoms with Gasteiger partial charge < -0.3 is 14.6 Å². The molecule has 0 fully saturated rings. The number of hydrogen-bond acceptors (Lipinski definition) is 5. The fourth-order valence-electron chi connectivity index (χ4n) is 1.85. The minimum absolute atomic E-state index is 0.122. The van der Waals surface area contributed by atoms with Gasteiger partial charge in [0, 0.05) is 13.0 Å². The molecule has 6 nitrogen and oxygen atoms in total. The maximum absolute atomic E-state index is 13.0. The summed E-state index contributed by atoms with van der Waals surface area (Å²) in [7, 11) is 0. The lowest BCUT2D eigenvalue weighted by atomic mass is 10.3. The Kier molecular flexibility index (Phi) is 5.92. The molecule has 1 amide bonds. The van der Waals surface area contributed by atoms with Crippen LogP contribution in [0, 0.1) is 12.7 Å². The van der Waals surface area contributed by atoms with Crippen molar-refractivity contribution in [2.45, 2.75) is 32.8 Å². The van der Waals surface area contributed by atoms with E-state index in [-0.39, 0.29) is 16.7 Å². The van der Waals surface area contributed by atoms with Crippen molar-refractivity contribution in [3.63, 3.8) is 0 Å². The summed E-state index contributed by atoms with van der Waals surface area (Å²) in [6.07, 6.45) is 0.501. The van der Waals surface area contributed by atoms with Gasteiger partial charge in [-0.3, -0.25) is 4.79 Å². The SMILES string of the molecule is Cc1noc(CCCNC(=O)[C@@H](C)Oc2ccc(F)cc2Cl)n1. The molecule has 23 heavy (non-hydrogen) atoms. The van der Waals surface area contributed by atoms with E-state index in [1.165, 1.54) is 12.1 Å². The Morgan fingerprint density at radius 3 is 2.96 bits per heavy atom. The van der Waals surface area contributed by atoms with Gasteiger partial charge >= 0.3 is 0 Å². The van der Waals surface area contributed by atoms with Crippen LogP contribution in [-0.2, 0) is 11.2 Å². The number of nitrogens with one attached hydrogen (secondary N) is 1. The molecule has 1 N–H and O–H groups in total. The number of carbonyl (C=O) groups is 1. The molecule has 8 heteroatoms. The number of aryl methyl sites for hydroxylation is 2. The van der Waals surface area contributed by atoms with Crippen LogP contribution < -0.4 is 10.1 Å². The van der Waals surface area contributed by atoms with Gasteiger partial charge in [0.1, 0.15) is 11.6 Å². The number of rotatable bonds is 7. The van der Waals surface area contributed by atoms with E-state index in [0.29, 0.717) is 31.1 Å². The quantitative estimate of drug-likeness (QED) is 0.783. The van der Waals surface area contributed by atoms with E-state index < -0.39 is 11.9 Å². The number of carbonyl (C=O) groups excluding carboxylic acids is 1. The largest absolute Gasteiger partial charge is 0.479 e. The first kappa shape index (κ1) is 17.2. The van der Waals surface area contributed by atoms with Gasteiger partial charge in [0.25, 0.3) is 5.91 Å². The van der Waals surface area contributed by atoms with Crippen molar-refractivity contribution in [3.8, 4) is 5.75 Å². The van der Waals surface area contributed by atoms with Crippen molar-refractivity contribution in [1.82, 2.24) is 15.5 Å². The second kappa shape index (κ2) is 7.92. The lowest BCUT2D eigenvalue weighted by molar-refractivity contribution is -0.127. The minimum Gasteiger partial charge on any atom is -0.479 e. The Bertz CT molecular complexity index is 678. The Labute approximate surface area is 138 Å². The summed E-state index contributed by atoms with van der Waals surface area (Å²) < 4.78 is 23.4. The summed E-state index contributed by atoms with van der Waals surface area (Å²) in [6.45, 7) is 3.79. The van der Waals surface area contributed by atoms with Crippen molar-refractivity contribution in [2.75, 3.05) is 6.54 Å². The zero-order chi connectivity index (χ0) is 16.8. The number of halogens is 2. The van der Waals surface area contributed by atoms with Gasteiger partial charge in [-0.15, -0.1) is 0 Å². The number of hydrogen-bond donors (Lipinski definition) is 1. The third kappa shape index (κ3) is 5.21. The second-order valence-electron chi connectivity index (χ2n) is 4.96. The van der Waals surface area contributed by atoms with Gasteiger partial charge in [-0.25, -0.2) is 4.39 Å². The average molecular weight is 342 g/mol. The van der Waals surface area contributed by atoms with E-state index in [2.05, 4.69) is 15.5 Å². The second-order valence-corrected chi connectivity index (χ2v) is 5.37. The van der Waals surface area contributed by atoms with Crippen molar-refractivity contribution in [1.29, 1.82) is 0 Å². The average Bonchev–Trinajstić information content (AvgIpc) is 2.91. The predicted octanol–water partition coefficient (Wildman–Crippen LogP) is 2.69. The predicted molar refractivity (Wildman–Crippen MR) is 81.9 cm³/mol. The Morgan fingerprint density at radius 1 is 1.52 bits per heavy atom. The highest BCUT2D eigenvalue weighted by Gasteiger charge is 2.16. The highest BCUT2D eigenvalue weighted by atomic mass is 35.5. The van der Waals surface area contributed by atoms with Crippen molar-refractivity contribution >= 4 is 17.5 Å². The van der Waals surface area contributed by atoms with Crippen LogP contribution in [0.1, 0.15) is 25.1 Å². The van der Waals surface area contributed by atoms with Gasteiger partial charge in [-0.2, -0.15) is 4.98 Å². The monoisotopic (exact) mass is 341 g/mol. The topological polar surface area (TPSA) is 77.2 Å². The summed E-state index contributed by atoms with van der Waals surface area (Å²) >= 11 is 5.85. The molecule has 0 aliphatic rings. The van der Waals surface area contributed by atoms with Gasteiger partial charge in [0.15, 0.2) is 11.9 Å². The summed E-state index contributed by atoms with van der Waals surface area (Å²) in [5.74, 6) is 0.640. The standard InChI is InChI=1S/C15H17ClFN3O3/c1-9(22-13-6-5-11(17)8-12(13)16)15(21)18-7-3-4-14-19-10(2)20-23-14/h5-6,8-9H,3-4,7H2,1-2H3,(H,18,21)/t9-/m1/s1. The first-order valence-corrected chi connectivity index (χ1v) is 7.52. The Morgan fingerprint density at radius 2 is 2.30 bits per heavy atom. The Balaban J connectivity index is 1.74. The van der Waals surface area contributed by atoms with Crippen molar-refractivity contribution in [3.05, 3.63) is 40.8 Å². The van der Waals surface area contributed by atoms with Crippen LogP contribution in [0.5, 0.6) is 5.75 Å². The molecule has 0 spiro atoms. The molecule has 1 atom stereocenters. The lowest BCUT2D eigenvalue weighted by Crippen LogP contribution is -2.37. The van der Waals surface area contributed by atoms with Crippen LogP contribution in [0.2, 0.25) is 5.02 Å². The normalized spacial score (nSPS) is 12.0. The molecule has 2 aromatic rings. The third-order valence-corrected chi connectivity index (χ3v) is 3.30. The maximum atomic E-state index is 13.0. The zero-order valence-corrected chi connectivity index (χ0v) is 13.6. The number of ether oxygens (including phenoxy) is 1. The summed E-state index contributed by atoms with van der Waals surface area (Å²) in [6, 6.07) is 3.74. The summed E-state index contributed by atoms with van der Waals surface area (Å²) in [5.41, 5.74) is 0. The van der Waals surface area contributed by atoms with Crippen LogP contribution in [0.25, 0.3) is 0 Å². The molecule has 0 aliphatic heterocycles. The number of amides is 1. The minimum atomic E-state index is -0.747. The molecule has 0 saturated carbocycles. The fraction of sp³-hybridized carbons (Fsp3) is 0.400. The molecular formula is C15H17ClFN3O3. The summed E-state index contributed by atoms with van der Waals surface area (Å²) in [5, 5.41) is 6.55. The van der Waals surface area contributed by atoms with Crippen molar-refractivity contribution < 1.29 is 18.4 Å². The van der Waals surface area contributed by atoms with E-state index in [1.54, 1.807) is 13.8 Å². The third-order valence-electron chi connectivity index (χ3n) is 3.00. The molecule has 0 bridgehead atoms. The molecule has 124 valence electrons. The first-order valence-electron chi connectivity index (χ1n) is 7.14. The van der Waals surface area contributed by atoms with Crippen LogP contribution in [0.4, 0.5) is 4.39 Å². The highest BCUT2D eigenvalue weighted by molar-refractivity contribution is 6.32. The first-order chi connectivity index (χ1) is 11.0. The smallest absolute Gasteiger partial charge is 0.260 e. The maximum Gasteiger partial charge on any atom is 0.260 e. The van der Waals surface area contributed by atoms with Crippen LogP contribution >= 0.6 is 11.6 Å². The molecule has 1 aromatic heterocycles.